The molecule has 5 nitrogen and oxygen atoms in total. The molecule has 0 bridgehead atoms. The number of fused-ring (bicyclic) bond motifs is 1. The number of benzene rings is 3. The van der Waals surface area contributed by atoms with Gasteiger partial charge in [0, 0.05) is 23.1 Å². The maximum Gasteiger partial charge on any atom is 0.252 e. The Labute approximate surface area is 175 Å². The number of aromatic nitrogens is 1. The molecule has 1 aromatic heterocycles. The highest BCUT2D eigenvalue weighted by Crippen LogP contribution is 2.26. The van der Waals surface area contributed by atoms with Crippen LogP contribution in [0.25, 0.3) is 22.2 Å². The lowest BCUT2D eigenvalue weighted by atomic mass is 10.0. The molecular weight excluding hydrogens is 376 g/mol. The number of hydrogen-bond donors (Lipinski definition) is 1. The Morgan fingerprint density at radius 2 is 1.63 bits per heavy atom. The predicted molar refractivity (Wildman–Crippen MR) is 118 cm³/mol. The quantitative estimate of drug-likeness (QED) is 0.504. The normalized spacial score (nSPS) is 10.6. The van der Waals surface area contributed by atoms with Crippen molar-refractivity contribution in [3.05, 3.63) is 90.0 Å². The Morgan fingerprint density at radius 1 is 0.900 bits per heavy atom. The van der Waals surface area contributed by atoms with Crippen LogP contribution >= 0.6 is 0 Å². The minimum Gasteiger partial charge on any atom is -0.497 e. The van der Waals surface area contributed by atoms with Crippen molar-refractivity contribution in [3.8, 4) is 22.8 Å². The Hall–Kier alpha value is -3.86. The van der Waals surface area contributed by atoms with Crippen molar-refractivity contribution in [1.29, 1.82) is 0 Å². The first-order valence-electron chi connectivity index (χ1n) is 9.64. The van der Waals surface area contributed by atoms with Crippen molar-refractivity contribution < 1.29 is 14.3 Å². The minimum absolute atomic E-state index is 0.158. The van der Waals surface area contributed by atoms with Crippen molar-refractivity contribution in [1.82, 2.24) is 10.3 Å². The van der Waals surface area contributed by atoms with Gasteiger partial charge in [-0.3, -0.25) is 4.79 Å². The van der Waals surface area contributed by atoms with Gasteiger partial charge in [-0.15, -0.1) is 0 Å². The number of nitrogens with one attached hydrogen (secondary N) is 1. The monoisotopic (exact) mass is 398 g/mol. The van der Waals surface area contributed by atoms with Crippen LogP contribution < -0.4 is 14.8 Å². The maximum absolute atomic E-state index is 13.1. The van der Waals surface area contributed by atoms with Crippen molar-refractivity contribution in [2.45, 2.75) is 6.54 Å². The third-order valence-corrected chi connectivity index (χ3v) is 4.98. The number of rotatable bonds is 6. The van der Waals surface area contributed by atoms with Crippen molar-refractivity contribution in [2.24, 2.45) is 0 Å². The van der Waals surface area contributed by atoms with E-state index < -0.39 is 0 Å². The smallest absolute Gasteiger partial charge is 0.252 e. The zero-order chi connectivity index (χ0) is 20.9. The fourth-order valence-corrected chi connectivity index (χ4v) is 3.39. The highest BCUT2D eigenvalue weighted by atomic mass is 16.5. The van der Waals surface area contributed by atoms with Crippen molar-refractivity contribution >= 4 is 16.8 Å². The summed E-state index contributed by atoms with van der Waals surface area (Å²) in [6.45, 7) is 0.372. The zero-order valence-electron chi connectivity index (χ0n) is 16.9. The lowest BCUT2D eigenvalue weighted by molar-refractivity contribution is 0.0952. The number of methoxy groups -OCH3 is 2. The first-order chi connectivity index (χ1) is 14.7. The average molecular weight is 398 g/mol. The molecule has 0 fully saturated rings. The molecule has 0 unspecified atom stereocenters. The molecule has 0 aliphatic heterocycles. The summed E-state index contributed by atoms with van der Waals surface area (Å²) in [5.41, 5.74) is 3.93. The minimum atomic E-state index is -0.158. The SMILES string of the molecule is COc1ccc(-c2cc(C(=O)NCc3ccccc3OC)c3ccccc3n2)cc1. The highest BCUT2D eigenvalue weighted by Gasteiger charge is 2.14. The van der Waals surface area contributed by atoms with Crippen LogP contribution in [0.15, 0.2) is 78.9 Å². The van der Waals surface area contributed by atoms with Gasteiger partial charge in [-0.25, -0.2) is 4.98 Å². The summed E-state index contributed by atoms with van der Waals surface area (Å²) in [6.07, 6.45) is 0. The molecule has 4 rings (SSSR count). The van der Waals surface area contributed by atoms with Gasteiger partial charge >= 0.3 is 0 Å². The van der Waals surface area contributed by atoms with Crippen LogP contribution in [-0.2, 0) is 6.54 Å². The third-order valence-electron chi connectivity index (χ3n) is 4.98. The standard InChI is InChI=1S/C25H22N2O3/c1-29-19-13-11-17(12-14-19)23-15-21(20-8-4-5-9-22(20)27-23)25(28)26-16-18-7-3-6-10-24(18)30-2/h3-15H,16H2,1-2H3,(H,26,28). The van der Waals surface area contributed by atoms with Gasteiger partial charge in [-0.2, -0.15) is 0 Å². The van der Waals surface area contributed by atoms with E-state index in [0.29, 0.717) is 12.1 Å². The Bertz CT molecular complexity index is 1190. The van der Waals surface area contributed by atoms with E-state index in [4.69, 9.17) is 14.5 Å². The van der Waals surface area contributed by atoms with E-state index in [1.807, 2.05) is 78.9 Å². The molecule has 0 saturated heterocycles. The molecule has 0 spiro atoms. The first-order valence-corrected chi connectivity index (χ1v) is 9.64. The van der Waals surface area contributed by atoms with Crippen LogP contribution in [0.2, 0.25) is 0 Å². The van der Waals surface area contributed by atoms with E-state index in [9.17, 15) is 4.79 Å². The number of carbonyl (C=O) groups excluding carboxylic acids is 1. The topological polar surface area (TPSA) is 60.5 Å². The average Bonchev–Trinajstić information content (AvgIpc) is 2.82. The molecule has 0 aliphatic carbocycles. The lowest BCUT2D eigenvalue weighted by Crippen LogP contribution is -2.23. The number of para-hydroxylation sites is 2. The molecule has 4 aromatic rings. The molecule has 1 N–H and O–H groups in total. The summed E-state index contributed by atoms with van der Waals surface area (Å²) in [6, 6.07) is 24.8. The molecule has 3 aromatic carbocycles. The molecule has 0 saturated carbocycles. The molecule has 5 heteroatoms. The lowest BCUT2D eigenvalue weighted by Gasteiger charge is -2.12. The first kappa shape index (κ1) is 19.5. The van der Waals surface area contributed by atoms with Gasteiger partial charge in [0.25, 0.3) is 5.91 Å². The zero-order valence-corrected chi connectivity index (χ0v) is 16.9. The number of ether oxygens (including phenoxy) is 2. The molecule has 0 aliphatic rings. The van der Waals surface area contributed by atoms with Crippen LogP contribution in [0, 0.1) is 0 Å². The van der Waals surface area contributed by atoms with Crippen LogP contribution in [0.3, 0.4) is 0 Å². The highest BCUT2D eigenvalue weighted by molar-refractivity contribution is 6.07. The number of nitrogens with zero attached hydrogens (tertiary/aromatic N) is 1. The number of pyridine rings is 1. The number of amides is 1. The molecule has 150 valence electrons. The van der Waals surface area contributed by atoms with Crippen molar-refractivity contribution in [3.63, 3.8) is 0 Å². The van der Waals surface area contributed by atoms with E-state index in [1.165, 1.54) is 0 Å². The summed E-state index contributed by atoms with van der Waals surface area (Å²) < 4.78 is 10.6. The summed E-state index contributed by atoms with van der Waals surface area (Å²) in [7, 11) is 3.26. The summed E-state index contributed by atoms with van der Waals surface area (Å²) in [5.74, 6) is 1.36. The number of hydrogen-bond acceptors (Lipinski definition) is 4. The van der Waals surface area contributed by atoms with E-state index in [-0.39, 0.29) is 5.91 Å². The fraction of sp³-hybridized carbons (Fsp3) is 0.120. The van der Waals surface area contributed by atoms with Gasteiger partial charge in [-0.05, 0) is 42.5 Å². The molecule has 1 heterocycles. The Morgan fingerprint density at radius 3 is 2.40 bits per heavy atom. The molecule has 0 radical (unpaired) electrons. The predicted octanol–water partition coefficient (Wildman–Crippen LogP) is 4.85. The van der Waals surface area contributed by atoms with Crippen LogP contribution in [0.4, 0.5) is 0 Å². The molecule has 30 heavy (non-hydrogen) atoms. The van der Waals surface area contributed by atoms with Crippen LogP contribution in [0.1, 0.15) is 15.9 Å². The fourth-order valence-electron chi connectivity index (χ4n) is 3.39. The van der Waals surface area contributed by atoms with Crippen LogP contribution in [0.5, 0.6) is 11.5 Å². The van der Waals surface area contributed by atoms with E-state index in [1.54, 1.807) is 14.2 Å². The van der Waals surface area contributed by atoms with E-state index in [0.717, 1.165) is 39.2 Å². The van der Waals surface area contributed by atoms with E-state index in [2.05, 4.69) is 5.32 Å². The van der Waals surface area contributed by atoms with Gasteiger partial charge in [0.2, 0.25) is 0 Å². The van der Waals surface area contributed by atoms with Gasteiger partial charge in [0.05, 0.1) is 31.0 Å². The Kier molecular flexibility index (Phi) is 5.61. The van der Waals surface area contributed by atoms with Gasteiger partial charge in [-0.1, -0.05) is 36.4 Å². The summed E-state index contributed by atoms with van der Waals surface area (Å²) in [4.78, 5) is 17.9. The third kappa shape index (κ3) is 3.96. The molecular formula is C25H22N2O3. The van der Waals surface area contributed by atoms with Gasteiger partial charge in [0.15, 0.2) is 0 Å². The second-order valence-electron chi connectivity index (χ2n) is 6.80. The Balaban J connectivity index is 1.68. The second-order valence-corrected chi connectivity index (χ2v) is 6.80. The summed E-state index contributed by atoms with van der Waals surface area (Å²) in [5, 5.41) is 3.82. The van der Waals surface area contributed by atoms with Gasteiger partial charge < -0.3 is 14.8 Å². The van der Waals surface area contributed by atoms with Gasteiger partial charge in [0.1, 0.15) is 11.5 Å². The number of carbonyl (C=O) groups is 1. The molecule has 0 atom stereocenters. The van der Waals surface area contributed by atoms with Crippen molar-refractivity contribution in [2.75, 3.05) is 14.2 Å². The second kappa shape index (κ2) is 8.66. The maximum atomic E-state index is 13.1. The van der Waals surface area contributed by atoms with E-state index >= 15 is 0 Å². The molecule has 1 amide bonds. The largest absolute Gasteiger partial charge is 0.497 e. The summed E-state index contributed by atoms with van der Waals surface area (Å²) >= 11 is 0. The van der Waals surface area contributed by atoms with Crippen LogP contribution in [-0.4, -0.2) is 25.1 Å².